The van der Waals surface area contributed by atoms with Crippen LogP contribution in [0.3, 0.4) is 0 Å². The highest BCUT2D eigenvalue weighted by molar-refractivity contribution is 5.80. The van der Waals surface area contributed by atoms with Crippen molar-refractivity contribution in [2.75, 3.05) is 0 Å². The summed E-state index contributed by atoms with van der Waals surface area (Å²) in [5, 5.41) is 0. The summed E-state index contributed by atoms with van der Waals surface area (Å²) in [6.45, 7) is 10.6. The molecule has 4 aliphatic carbocycles. The highest BCUT2D eigenvalue weighted by atomic mass is 16.5. The molecule has 3 fully saturated rings. The maximum Gasteiger partial charge on any atom is 0.302 e. The third kappa shape index (κ3) is 2.91. The minimum absolute atomic E-state index is 0.0697. The maximum atomic E-state index is 12.6. The maximum absolute atomic E-state index is 12.6. The Morgan fingerprint density at radius 3 is 2.54 bits per heavy atom. The zero-order valence-corrected chi connectivity index (χ0v) is 18.4. The third-order valence-electron chi connectivity index (χ3n) is 9.53. The van der Waals surface area contributed by atoms with Crippen LogP contribution in [0.25, 0.3) is 0 Å². The monoisotopic (exact) mass is 386 g/mol. The number of hydrogen-bond acceptors (Lipinski definition) is 3. The Hall–Kier alpha value is -1.12. The van der Waals surface area contributed by atoms with E-state index in [4.69, 9.17) is 4.74 Å². The Morgan fingerprint density at radius 1 is 1.14 bits per heavy atom. The van der Waals surface area contributed by atoms with Crippen molar-refractivity contribution in [3.8, 4) is 0 Å². The Balaban J connectivity index is 1.61. The molecule has 8 atom stereocenters. The highest BCUT2D eigenvalue weighted by Gasteiger charge is 2.61. The minimum Gasteiger partial charge on any atom is -0.462 e. The van der Waals surface area contributed by atoms with Crippen LogP contribution in [0.4, 0.5) is 0 Å². The second-order valence-corrected chi connectivity index (χ2v) is 10.8. The van der Waals surface area contributed by atoms with E-state index in [0.717, 1.165) is 43.9 Å². The van der Waals surface area contributed by atoms with Crippen LogP contribution < -0.4 is 0 Å². The zero-order valence-electron chi connectivity index (χ0n) is 18.4. The lowest BCUT2D eigenvalue weighted by molar-refractivity contribution is -0.149. The number of fused-ring (bicyclic) bond motifs is 5. The van der Waals surface area contributed by atoms with Gasteiger partial charge in [-0.25, -0.2) is 0 Å². The van der Waals surface area contributed by atoms with Gasteiger partial charge in [-0.15, -0.1) is 0 Å². The highest BCUT2D eigenvalue weighted by Crippen LogP contribution is 2.67. The van der Waals surface area contributed by atoms with Gasteiger partial charge in [-0.05, 0) is 80.0 Å². The summed E-state index contributed by atoms with van der Waals surface area (Å²) >= 11 is 0. The molecule has 0 aromatic carbocycles. The molecular formula is C25H38O3. The zero-order chi connectivity index (χ0) is 20.3. The molecule has 0 N–H and O–H groups in total. The molecule has 0 heterocycles. The second kappa shape index (κ2) is 6.99. The lowest BCUT2D eigenvalue weighted by atomic mass is 9.47. The molecule has 0 bridgehead atoms. The summed E-state index contributed by atoms with van der Waals surface area (Å²) in [5.74, 6) is 3.25. The van der Waals surface area contributed by atoms with Gasteiger partial charge in [0, 0.05) is 19.3 Å². The van der Waals surface area contributed by atoms with E-state index in [9.17, 15) is 9.59 Å². The van der Waals surface area contributed by atoms with Gasteiger partial charge in [0.05, 0.1) is 0 Å². The third-order valence-corrected chi connectivity index (χ3v) is 9.53. The molecule has 0 radical (unpaired) electrons. The average molecular weight is 387 g/mol. The molecule has 0 amide bonds. The molecule has 4 aliphatic rings. The summed E-state index contributed by atoms with van der Waals surface area (Å²) in [6, 6.07) is 0. The van der Waals surface area contributed by atoms with Crippen LogP contribution in [-0.4, -0.2) is 17.9 Å². The normalized spacial score (nSPS) is 47.4. The SMILES string of the molecule is CC[C@@H]1CC2C3CC=C4C[C@@H](OC(C)=O)CC[C@]4(C)C3CC[C@]2(C)[C@H]1C(C)=O. The first-order valence-electron chi connectivity index (χ1n) is 11.6. The van der Waals surface area contributed by atoms with Crippen LogP contribution in [0, 0.1) is 40.4 Å². The van der Waals surface area contributed by atoms with Crippen LogP contribution in [0.2, 0.25) is 0 Å². The molecule has 3 unspecified atom stereocenters. The largest absolute Gasteiger partial charge is 0.462 e. The second-order valence-electron chi connectivity index (χ2n) is 10.8. The van der Waals surface area contributed by atoms with Crippen LogP contribution in [-0.2, 0) is 14.3 Å². The summed E-state index contributed by atoms with van der Waals surface area (Å²) in [6.07, 6.45) is 11.6. The first-order valence-corrected chi connectivity index (χ1v) is 11.6. The number of rotatable bonds is 3. The van der Waals surface area contributed by atoms with E-state index in [2.05, 4.69) is 26.8 Å². The fourth-order valence-electron chi connectivity index (χ4n) is 8.34. The van der Waals surface area contributed by atoms with Gasteiger partial charge in [0.25, 0.3) is 0 Å². The smallest absolute Gasteiger partial charge is 0.302 e. The number of esters is 1. The fraction of sp³-hybridized carbons (Fsp3) is 0.840. The van der Waals surface area contributed by atoms with Crippen LogP contribution >= 0.6 is 0 Å². The summed E-state index contributed by atoms with van der Waals surface area (Å²) in [4.78, 5) is 24.0. The lowest BCUT2D eigenvalue weighted by Gasteiger charge is -2.58. The van der Waals surface area contributed by atoms with Crippen LogP contribution in [0.15, 0.2) is 11.6 Å². The number of allylic oxidation sites excluding steroid dienone is 1. The van der Waals surface area contributed by atoms with E-state index in [-0.39, 0.29) is 28.8 Å². The predicted molar refractivity (Wildman–Crippen MR) is 111 cm³/mol. The number of carbonyl (C=O) groups excluding carboxylic acids is 2. The van der Waals surface area contributed by atoms with Crippen molar-refractivity contribution in [2.45, 2.75) is 92.1 Å². The van der Waals surface area contributed by atoms with Crippen LogP contribution in [0.5, 0.6) is 0 Å². The van der Waals surface area contributed by atoms with Gasteiger partial charge >= 0.3 is 5.97 Å². The Kier molecular flexibility index (Phi) is 5.03. The lowest BCUT2D eigenvalue weighted by Crippen LogP contribution is -2.51. The van der Waals surface area contributed by atoms with Crippen molar-refractivity contribution in [1.82, 2.24) is 0 Å². The Labute approximate surface area is 170 Å². The molecule has 3 nitrogen and oxygen atoms in total. The van der Waals surface area contributed by atoms with Crippen molar-refractivity contribution in [3.63, 3.8) is 0 Å². The molecule has 0 spiro atoms. The van der Waals surface area contributed by atoms with Gasteiger partial charge < -0.3 is 4.74 Å². The molecule has 4 rings (SSSR count). The quantitative estimate of drug-likeness (QED) is 0.460. The molecule has 0 saturated heterocycles. The van der Waals surface area contributed by atoms with E-state index < -0.39 is 0 Å². The van der Waals surface area contributed by atoms with Gasteiger partial charge in [0.1, 0.15) is 11.9 Å². The van der Waals surface area contributed by atoms with E-state index in [0.29, 0.717) is 17.6 Å². The molecule has 0 aliphatic heterocycles. The number of carbonyl (C=O) groups is 2. The number of Topliss-reactive ketones (excluding diaryl/α,β-unsaturated/α-hetero) is 1. The van der Waals surface area contributed by atoms with Crippen molar-refractivity contribution < 1.29 is 14.3 Å². The van der Waals surface area contributed by atoms with E-state index in [1.807, 2.05) is 6.92 Å². The fourth-order valence-corrected chi connectivity index (χ4v) is 8.34. The molecule has 0 aromatic rings. The van der Waals surface area contributed by atoms with Gasteiger partial charge in [-0.3, -0.25) is 9.59 Å². The molecule has 0 aromatic heterocycles. The van der Waals surface area contributed by atoms with Gasteiger partial charge in [0.15, 0.2) is 0 Å². The van der Waals surface area contributed by atoms with Gasteiger partial charge in [0.2, 0.25) is 0 Å². The van der Waals surface area contributed by atoms with Crippen molar-refractivity contribution in [3.05, 3.63) is 11.6 Å². The number of hydrogen-bond donors (Lipinski definition) is 0. The van der Waals surface area contributed by atoms with Crippen molar-refractivity contribution >= 4 is 11.8 Å². The predicted octanol–water partition coefficient (Wildman–Crippen LogP) is 5.72. The molecule has 3 heteroatoms. The van der Waals surface area contributed by atoms with E-state index in [1.165, 1.54) is 26.2 Å². The van der Waals surface area contributed by atoms with Crippen molar-refractivity contribution in [2.24, 2.45) is 40.4 Å². The van der Waals surface area contributed by atoms with E-state index >= 15 is 0 Å². The molecular weight excluding hydrogens is 348 g/mol. The van der Waals surface area contributed by atoms with Gasteiger partial charge in [-0.2, -0.15) is 0 Å². The number of ketones is 1. The van der Waals surface area contributed by atoms with Crippen LogP contribution in [0.1, 0.15) is 86.0 Å². The molecule has 28 heavy (non-hydrogen) atoms. The first-order chi connectivity index (χ1) is 13.2. The Bertz CT molecular complexity index is 694. The number of ether oxygens (including phenoxy) is 1. The molecule has 3 saturated carbocycles. The Morgan fingerprint density at radius 2 is 1.89 bits per heavy atom. The van der Waals surface area contributed by atoms with Gasteiger partial charge in [-0.1, -0.05) is 38.8 Å². The summed E-state index contributed by atoms with van der Waals surface area (Å²) in [5.41, 5.74) is 2.00. The topological polar surface area (TPSA) is 43.4 Å². The minimum atomic E-state index is -0.150. The summed E-state index contributed by atoms with van der Waals surface area (Å²) < 4.78 is 5.56. The standard InChI is InChI=1S/C25H38O3/c1-6-17-13-22-20-8-7-18-14-19(28-16(3)27)9-11-24(18,4)21(20)10-12-25(22,5)23(17)15(2)26/h7,17,19-23H,6,8-14H2,1-5H3/t17-,19+,20?,21?,22?,23+,24+,25+/m1/s1. The van der Waals surface area contributed by atoms with E-state index in [1.54, 1.807) is 5.57 Å². The average Bonchev–Trinajstić information content (AvgIpc) is 2.94. The summed E-state index contributed by atoms with van der Waals surface area (Å²) in [7, 11) is 0. The van der Waals surface area contributed by atoms with Crippen molar-refractivity contribution in [1.29, 1.82) is 0 Å². The molecule has 156 valence electrons. The first kappa shape index (κ1) is 20.2.